The number of likely N-dealkylation sites (tertiary alicyclic amines) is 1. The Morgan fingerprint density at radius 2 is 2.20 bits per heavy atom. The number of nitrogens with zero attached hydrogens (tertiary/aromatic N) is 5. The molecule has 0 aromatic carbocycles. The van der Waals surface area contributed by atoms with Gasteiger partial charge in [0.15, 0.2) is 0 Å². The van der Waals surface area contributed by atoms with Gasteiger partial charge in [-0.15, -0.1) is 0 Å². The maximum absolute atomic E-state index is 5.55. The first-order chi connectivity index (χ1) is 12.3. The Balaban J connectivity index is 1.52. The Bertz CT molecular complexity index is 819. The van der Waals surface area contributed by atoms with Crippen molar-refractivity contribution in [2.75, 3.05) is 13.7 Å². The number of aromatic nitrogens is 4. The molecule has 0 saturated carbocycles. The molecular formula is C18H19N5O2. The van der Waals surface area contributed by atoms with Crippen molar-refractivity contribution >= 4 is 0 Å². The zero-order valence-electron chi connectivity index (χ0n) is 14.0. The Kier molecular flexibility index (Phi) is 4.39. The van der Waals surface area contributed by atoms with Crippen molar-refractivity contribution in [2.24, 2.45) is 0 Å². The van der Waals surface area contributed by atoms with Crippen molar-refractivity contribution in [1.82, 2.24) is 25.0 Å². The molecule has 1 atom stereocenters. The number of pyridine rings is 2. The summed E-state index contributed by atoms with van der Waals surface area (Å²) in [4.78, 5) is 15.5. The lowest BCUT2D eigenvalue weighted by atomic mass is 10.2. The highest BCUT2D eigenvalue weighted by Crippen LogP contribution is 2.33. The molecule has 0 aliphatic carbocycles. The van der Waals surface area contributed by atoms with Gasteiger partial charge >= 0.3 is 0 Å². The number of methoxy groups -OCH3 is 1. The summed E-state index contributed by atoms with van der Waals surface area (Å²) < 4.78 is 10.6. The second-order valence-corrected chi connectivity index (χ2v) is 6.00. The van der Waals surface area contributed by atoms with Crippen molar-refractivity contribution in [3.05, 3.63) is 54.3 Å². The van der Waals surface area contributed by atoms with Crippen LogP contribution in [0.15, 0.2) is 47.2 Å². The molecule has 128 valence electrons. The molecule has 0 amide bonds. The van der Waals surface area contributed by atoms with Gasteiger partial charge in [-0.2, -0.15) is 4.98 Å². The minimum Gasteiger partial charge on any atom is -0.481 e. The summed E-state index contributed by atoms with van der Waals surface area (Å²) in [6.45, 7) is 1.79. The highest BCUT2D eigenvalue weighted by Gasteiger charge is 2.31. The molecule has 3 aromatic rings. The van der Waals surface area contributed by atoms with Crippen LogP contribution in [0.4, 0.5) is 0 Å². The van der Waals surface area contributed by atoms with E-state index < -0.39 is 0 Å². The van der Waals surface area contributed by atoms with E-state index in [0.717, 1.165) is 37.2 Å². The van der Waals surface area contributed by atoms with Crippen LogP contribution in [0.2, 0.25) is 0 Å². The van der Waals surface area contributed by atoms with E-state index in [4.69, 9.17) is 9.26 Å². The molecule has 0 bridgehead atoms. The third kappa shape index (κ3) is 3.36. The first-order valence-electron chi connectivity index (χ1n) is 8.31. The summed E-state index contributed by atoms with van der Waals surface area (Å²) in [5, 5.41) is 4.12. The zero-order valence-corrected chi connectivity index (χ0v) is 14.0. The van der Waals surface area contributed by atoms with Crippen LogP contribution in [-0.4, -0.2) is 38.7 Å². The SMILES string of the molecule is COc1ccc(-c2noc([C@H]3CCCN3Cc3ccccn3)n2)cn1. The fourth-order valence-corrected chi connectivity index (χ4v) is 3.12. The van der Waals surface area contributed by atoms with Crippen molar-refractivity contribution < 1.29 is 9.26 Å². The van der Waals surface area contributed by atoms with Crippen LogP contribution in [0.5, 0.6) is 5.88 Å². The molecule has 1 fully saturated rings. The van der Waals surface area contributed by atoms with E-state index in [0.29, 0.717) is 17.6 Å². The minimum absolute atomic E-state index is 0.134. The monoisotopic (exact) mass is 337 g/mol. The first kappa shape index (κ1) is 15.7. The molecule has 7 heteroatoms. The Hall–Kier alpha value is -2.80. The fraction of sp³-hybridized carbons (Fsp3) is 0.333. The highest BCUT2D eigenvalue weighted by molar-refractivity contribution is 5.53. The Morgan fingerprint density at radius 3 is 2.96 bits per heavy atom. The summed E-state index contributed by atoms with van der Waals surface area (Å²) in [5.74, 6) is 1.76. The lowest BCUT2D eigenvalue weighted by Crippen LogP contribution is -2.23. The lowest BCUT2D eigenvalue weighted by Gasteiger charge is -2.20. The summed E-state index contributed by atoms with van der Waals surface area (Å²) >= 11 is 0. The van der Waals surface area contributed by atoms with Crippen LogP contribution in [0.25, 0.3) is 11.4 Å². The van der Waals surface area contributed by atoms with Crippen molar-refractivity contribution in [2.45, 2.75) is 25.4 Å². The number of hydrogen-bond acceptors (Lipinski definition) is 7. The molecule has 0 spiro atoms. The highest BCUT2D eigenvalue weighted by atomic mass is 16.5. The largest absolute Gasteiger partial charge is 0.481 e. The van der Waals surface area contributed by atoms with Gasteiger partial charge in [0.05, 0.1) is 18.8 Å². The number of rotatable bonds is 5. The van der Waals surface area contributed by atoms with Gasteiger partial charge < -0.3 is 9.26 Å². The molecule has 25 heavy (non-hydrogen) atoms. The molecule has 1 aliphatic heterocycles. The second kappa shape index (κ2) is 6.98. The predicted octanol–water partition coefficient (Wildman–Crippen LogP) is 2.87. The predicted molar refractivity (Wildman–Crippen MR) is 90.7 cm³/mol. The topological polar surface area (TPSA) is 77.2 Å². The molecule has 0 radical (unpaired) electrons. The van der Waals surface area contributed by atoms with Gasteiger partial charge in [-0.25, -0.2) is 4.98 Å². The molecule has 0 N–H and O–H groups in total. The maximum atomic E-state index is 5.55. The fourth-order valence-electron chi connectivity index (χ4n) is 3.12. The normalized spacial score (nSPS) is 17.7. The van der Waals surface area contributed by atoms with E-state index in [1.807, 2.05) is 30.5 Å². The van der Waals surface area contributed by atoms with Gasteiger partial charge in [-0.3, -0.25) is 9.88 Å². The quantitative estimate of drug-likeness (QED) is 0.708. The van der Waals surface area contributed by atoms with Gasteiger partial charge in [0.1, 0.15) is 0 Å². The maximum Gasteiger partial charge on any atom is 0.244 e. The Labute approximate surface area is 145 Å². The van der Waals surface area contributed by atoms with Gasteiger partial charge in [-0.05, 0) is 37.6 Å². The van der Waals surface area contributed by atoms with Gasteiger partial charge in [0, 0.05) is 30.6 Å². The van der Waals surface area contributed by atoms with Crippen LogP contribution in [0, 0.1) is 0 Å². The van der Waals surface area contributed by atoms with Crippen LogP contribution in [-0.2, 0) is 6.54 Å². The molecule has 3 aromatic heterocycles. The van der Waals surface area contributed by atoms with Crippen LogP contribution in [0.1, 0.15) is 30.5 Å². The van der Waals surface area contributed by atoms with E-state index in [1.54, 1.807) is 19.4 Å². The molecule has 1 saturated heterocycles. The van der Waals surface area contributed by atoms with Crippen LogP contribution < -0.4 is 4.74 Å². The van der Waals surface area contributed by atoms with E-state index in [-0.39, 0.29) is 6.04 Å². The third-order valence-corrected chi connectivity index (χ3v) is 4.39. The van der Waals surface area contributed by atoms with Gasteiger partial charge in [0.2, 0.25) is 17.6 Å². The summed E-state index contributed by atoms with van der Waals surface area (Å²) in [6.07, 6.45) is 5.63. The van der Waals surface area contributed by atoms with Gasteiger partial charge in [0.25, 0.3) is 0 Å². The van der Waals surface area contributed by atoms with Gasteiger partial charge in [-0.1, -0.05) is 11.2 Å². The third-order valence-electron chi connectivity index (χ3n) is 4.39. The van der Waals surface area contributed by atoms with Crippen LogP contribution in [0.3, 0.4) is 0 Å². The minimum atomic E-state index is 0.134. The van der Waals surface area contributed by atoms with Crippen LogP contribution >= 0.6 is 0 Å². The summed E-state index contributed by atoms with van der Waals surface area (Å²) in [5.41, 5.74) is 1.86. The van der Waals surface area contributed by atoms with E-state index in [1.165, 1.54) is 0 Å². The second-order valence-electron chi connectivity index (χ2n) is 6.00. The number of hydrogen-bond donors (Lipinski definition) is 0. The average Bonchev–Trinajstić information content (AvgIpc) is 3.32. The molecule has 4 heterocycles. The smallest absolute Gasteiger partial charge is 0.244 e. The average molecular weight is 337 g/mol. The van der Waals surface area contributed by atoms with Crippen molar-refractivity contribution in [3.63, 3.8) is 0 Å². The molecular weight excluding hydrogens is 318 g/mol. The lowest BCUT2D eigenvalue weighted by molar-refractivity contribution is 0.199. The summed E-state index contributed by atoms with van der Waals surface area (Å²) in [6, 6.07) is 9.77. The molecule has 4 rings (SSSR count). The van der Waals surface area contributed by atoms with E-state index >= 15 is 0 Å². The summed E-state index contributed by atoms with van der Waals surface area (Å²) in [7, 11) is 1.59. The standard InChI is InChI=1S/C18H19N5O2/c1-24-16-8-7-13(11-20-16)17-21-18(25-22-17)15-6-4-10-23(15)12-14-5-2-3-9-19-14/h2-3,5,7-9,11,15H,4,6,10,12H2,1H3/t15-/m1/s1. The number of ether oxygens (including phenoxy) is 1. The Morgan fingerprint density at radius 1 is 1.24 bits per heavy atom. The van der Waals surface area contributed by atoms with E-state index in [9.17, 15) is 0 Å². The zero-order chi connectivity index (χ0) is 17.1. The molecule has 7 nitrogen and oxygen atoms in total. The first-order valence-corrected chi connectivity index (χ1v) is 8.31. The molecule has 0 unspecified atom stereocenters. The molecule has 1 aliphatic rings. The van der Waals surface area contributed by atoms with Crippen molar-refractivity contribution in [1.29, 1.82) is 0 Å². The van der Waals surface area contributed by atoms with Crippen molar-refractivity contribution in [3.8, 4) is 17.3 Å². The van der Waals surface area contributed by atoms with E-state index in [2.05, 4.69) is 25.0 Å².